The smallest absolute Gasteiger partial charge is 0.255 e. The largest absolute Gasteiger partial charge is 0.335 e. The molecular formula is C26H20ClFN4O2. The number of aromatic nitrogens is 2. The molecule has 1 aliphatic rings. The van der Waals surface area contributed by atoms with E-state index in [2.05, 4.69) is 4.98 Å². The molecule has 2 aromatic carbocycles. The maximum Gasteiger partial charge on any atom is 0.255 e. The zero-order valence-corrected chi connectivity index (χ0v) is 18.9. The van der Waals surface area contributed by atoms with Crippen molar-refractivity contribution in [2.75, 3.05) is 26.2 Å². The van der Waals surface area contributed by atoms with Crippen LogP contribution in [-0.2, 0) is 0 Å². The van der Waals surface area contributed by atoms with E-state index in [4.69, 9.17) is 16.6 Å². The van der Waals surface area contributed by atoms with E-state index in [0.717, 1.165) is 22.5 Å². The first-order valence-electron chi connectivity index (χ1n) is 10.8. The summed E-state index contributed by atoms with van der Waals surface area (Å²) in [5.74, 6) is -0.881. The molecule has 2 aromatic heterocycles. The van der Waals surface area contributed by atoms with Crippen molar-refractivity contribution in [3.8, 4) is 11.3 Å². The first kappa shape index (κ1) is 22.0. The monoisotopic (exact) mass is 474 g/mol. The normalized spacial score (nSPS) is 13.8. The molecule has 0 unspecified atom stereocenters. The highest BCUT2D eigenvalue weighted by Gasteiger charge is 2.28. The molecule has 0 bridgehead atoms. The van der Waals surface area contributed by atoms with E-state index in [1.165, 1.54) is 12.1 Å². The molecule has 1 aliphatic heterocycles. The van der Waals surface area contributed by atoms with Gasteiger partial charge in [0.2, 0.25) is 0 Å². The molecule has 0 saturated carbocycles. The number of carbonyl (C=O) groups excluding carboxylic acids is 2. The Labute approximate surface area is 200 Å². The molecule has 0 spiro atoms. The quantitative estimate of drug-likeness (QED) is 0.432. The Hall–Kier alpha value is -3.84. The van der Waals surface area contributed by atoms with Gasteiger partial charge in [0.25, 0.3) is 11.8 Å². The van der Waals surface area contributed by atoms with Gasteiger partial charge in [0, 0.05) is 49.5 Å². The van der Waals surface area contributed by atoms with Crippen LogP contribution in [0.15, 0.2) is 73.1 Å². The van der Waals surface area contributed by atoms with Crippen LogP contribution in [0.3, 0.4) is 0 Å². The van der Waals surface area contributed by atoms with Crippen molar-refractivity contribution in [2.45, 2.75) is 0 Å². The highest BCUT2D eigenvalue weighted by Crippen LogP contribution is 2.26. The van der Waals surface area contributed by atoms with Crippen LogP contribution in [0.5, 0.6) is 0 Å². The average molecular weight is 475 g/mol. The van der Waals surface area contributed by atoms with Gasteiger partial charge in [-0.25, -0.2) is 9.37 Å². The zero-order valence-electron chi connectivity index (χ0n) is 18.1. The van der Waals surface area contributed by atoms with Gasteiger partial charge >= 0.3 is 0 Å². The van der Waals surface area contributed by atoms with Gasteiger partial charge in [0.05, 0.1) is 27.4 Å². The number of pyridine rings is 2. The second-order valence-electron chi connectivity index (χ2n) is 8.02. The minimum absolute atomic E-state index is 0.0784. The number of benzene rings is 2. The van der Waals surface area contributed by atoms with Crippen molar-refractivity contribution in [1.82, 2.24) is 19.8 Å². The molecule has 0 N–H and O–H groups in total. The predicted octanol–water partition coefficient (Wildman–Crippen LogP) is 4.69. The lowest BCUT2D eigenvalue weighted by atomic mass is 10.0. The molecule has 1 saturated heterocycles. The van der Waals surface area contributed by atoms with Gasteiger partial charge in [-0.1, -0.05) is 29.8 Å². The van der Waals surface area contributed by atoms with E-state index in [-0.39, 0.29) is 22.4 Å². The van der Waals surface area contributed by atoms with Gasteiger partial charge < -0.3 is 9.80 Å². The molecule has 5 rings (SSSR count). The topological polar surface area (TPSA) is 66.4 Å². The molecule has 0 atom stereocenters. The third-order valence-corrected chi connectivity index (χ3v) is 6.23. The second-order valence-corrected chi connectivity index (χ2v) is 8.43. The SMILES string of the molecule is O=C(c1ccc(F)cc1Cl)N1CCN(C(=O)c2cc(-c3cccnc3)nc3ccccc23)CC1. The number of para-hydroxylation sites is 1. The van der Waals surface area contributed by atoms with Crippen LogP contribution in [0.1, 0.15) is 20.7 Å². The molecule has 2 amide bonds. The summed E-state index contributed by atoms with van der Waals surface area (Å²) in [6.07, 6.45) is 3.41. The van der Waals surface area contributed by atoms with E-state index in [9.17, 15) is 14.0 Å². The Balaban J connectivity index is 1.38. The number of carbonyl (C=O) groups is 2. The number of piperazine rings is 1. The molecule has 6 nitrogen and oxygen atoms in total. The number of rotatable bonds is 3. The highest BCUT2D eigenvalue weighted by atomic mass is 35.5. The summed E-state index contributed by atoms with van der Waals surface area (Å²) in [6, 6.07) is 16.8. The molecule has 3 heterocycles. The zero-order chi connectivity index (χ0) is 23.7. The number of nitrogens with zero attached hydrogens (tertiary/aromatic N) is 4. The molecule has 0 aliphatic carbocycles. The minimum atomic E-state index is -0.493. The summed E-state index contributed by atoms with van der Waals surface area (Å²) in [4.78, 5) is 38.7. The highest BCUT2D eigenvalue weighted by molar-refractivity contribution is 6.33. The summed E-state index contributed by atoms with van der Waals surface area (Å²) in [5, 5.41) is 0.853. The average Bonchev–Trinajstić information content (AvgIpc) is 2.88. The summed E-state index contributed by atoms with van der Waals surface area (Å²) in [5.41, 5.74) is 3.05. The van der Waals surface area contributed by atoms with E-state index in [1.54, 1.807) is 28.3 Å². The minimum Gasteiger partial charge on any atom is -0.335 e. The van der Waals surface area contributed by atoms with E-state index < -0.39 is 5.82 Å². The maximum absolute atomic E-state index is 13.6. The summed E-state index contributed by atoms with van der Waals surface area (Å²) >= 11 is 6.06. The Morgan fingerprint density at radius 2 is 1.56 bits per heavy atom. The lowest BCUT2D eigenvalue weighted by Gasteiger charge is -2.35. The third-order valence-electron chi connectivity index (χ3n) is 5.92. The number of hydrogen-bond donors (Lipinski definition) is 0. The van der Waals surface area contributed by atoms with Crippen LogP contribution in [0, 0.1) is 5.82 Å². The van der Waals surface area contributed by atoms with Crippen molar-refractivity contribution >= 4 is 34.3 Å². The van der Waals surface area contributed by atoms with E-state index in [1.807, 2.05) is 36.4 Å². The number of fused-ring (bicyclic) bond motifs is 1. The standard InChI is InChI=1S/C26H20ClFN4O2/c27-22-14-18(28)7-8-20(22)25(33)31-10-12-32(13-11-31)26(34)21-15-24(17-4-3-9-29-16-17)30-23-6-2-1-5-19(21)23/h1-9,14-16H,10-13H2. The Morgan fingerprint density at radius 3 is 2.24 bits per heavy atom. The van der Waals surface area contributed by atoms with Crippen molar-refractivity contribution in [2.24, 2.45) is 0 Å². The van der Waals surface area contributed by atoms with Crippen LogP contribution in [-0.4, -0.2) is 57.8 Å². The molecule has 1 fully saturated rings. The summed E-state index contributed by atoms with van der Waals surface area (Å²) in [6.45, 7) is 1.47. The fourth-order valence-corrected chi connectivity index (χ4v) is 4.38. The van der Waals surface area contributed by atoms with E-state index in [0.29, 0.717) is 37.4 Å². The first-order chi connectivity index (χ1) is 16.5. The molecular weight excluding hydrogens is 455 g/mol. The first-order valence-corrected chi connectivity index (χ1v) is 11.2. The van der Waals surface area contributed by atoms with Gasteiger partial charge in [-0.15, -0.1) is 0 Å². The van der Waals surface area contributed by atoms with Gasteiger partial charge in [0.15, 0.2) is 0 Å². The third kappa shape index (κ3) is 4.22. The van der Waals surface area contributed by atoms with Crippen molar-refractivity contribution < 1.29 is 14.0 Å². The van der Waals surface area contributed by atoms with Crippen molar-refractivity contribution in [1.29, 1.82) is 0 Å². The van der Waals surface area contributed by atoms with Crippen LogP contribution in [0.2, 0.25) is 5.02 Å². The molecule has 170 valence electrons. The maximum atomic E-state index is 13.6. The summed E-state index contributed by atoms with van der Waals surface area (Å²) < 4.78 is 13.3. The second kappa shape index (κ2) is 9.19. The number of halogens is 2. The summed E-state index contributed by atoms with van der Waals surface area (Å²) in [7, 11) is 0. The molecule has 8 heteroatoms. The lowest BCUT2D eigenvalue weighted by molar-refractivity contribution is 0.0536. The molecule has 34 heavy (non-hydrogen) atoms. The van der Waals surface area contributed by atoms with Crippen LogP contribution < -0.4 is 0 Å². The van der Waals surface area contributed by atoms with Crippen LogP contribution in [0.25, 0.3) is 22.2 Å². The van der Waals surface area contributed by atoms with Gasteiger partial charge in [-0.2, -0.15) is 0 Å². The molecule has 4 aromatic rings. The Bertz CT molecular complexity index is 1390. The molecule has 0 radical (unpaired) electrons. The number of amides is 2. The Morgan fingerprint density at radius 1 is 0.853 bits per heavy atom. The fraction of sp³-hybridized carbons (Fsp3) is 0.154. The lowest BCUT2D eigenvalue weighted by Crippen LogP contribution is -2.50. The van der Waals surface area contributed by atoms with Gasteiger partial charge in [-0.05, 0) is 42.5 Å². The van der Waals surface area contributed by atoms with Gasteiger partial charge in [-0.3, -0.25) is 14.6 Å². The Kier molecular flexibility index (Phi) is 5.94. The van der Waals surface area contributed by atoms with Crippen LogP contribution >= 0.6 is 11.6 Å². The van der Waals surface area contributed by atoms with E-state index >= 15 is 0 Å². The van der Waals surface area contributed by atoms with Gasteiger partial charge in [0.1, 0.15) is 5.82 Å². The van der Waals surface area contributed by atoms with Crippen molar-refractivity contribution in [3.63, 3.8) is 0 Å². The van der Waals surface area contributed by atoms with Crippen molar-refractivity contribution in [3.05, 3.63) is 95.0 Å². The fourth-order valence-electron chi connectivity index (χ4n) is 4.13. The number of hydrogen-bond acceptors (Lipinski definition) is 4. The predicted molar refractivity (Wildman–Crippen MR) is 128 cm³/mol. The van der Waals surface area contributed by atoms with Crippen LogP contribution in [0.4, 0.5) is 4.39 Å².